The van der Waals surface area contributed by atoms with Gasteiger partial charge in [0.25, 0.3) is 0 Å². The summed E-state index contributed by atoms with van der Waals surface area (Å²) < 4.78 is 0. The van der Waals surface area contributed by atoms with Crippen LogP contribution >= 0.6 is 0 Å². The van der Waals surface area contributed by atoms with Gasteiger partial charge in [0.05, 0.1) is 0 Å². The Hall–Kier alpha value is -6.52. The summed E-state index contributed by atoms with van der Waals surface area (Å²) >= 11 is 0. The van der Waals surface area contributed by atoms with Crippen molar-refractivity contribution < 1.29 is 0 Å². The fourth-order valence-corrected chi connectivity index (χ4v) is 6.65. The molecule has 0 saturated heterocycles. The number of rotatable bonds is 5. The molecule has 7 aromatic carbocycles. The summed E-state index contributed by atoms with van der Waals surface area (Å²) in [6.07, 6.45) is 3.88. The van der Waals surface area contributed by atoms with Gasteiger partial charge < -0.3 is 0 Å². The van der Waals surface area contributed by atoms with Crippen LogP contribution in [-0.2, 0) is 0 Å². The van der Waals surface area contributed by atoms with Gasteiger partial charge in [0.15, 0.2) is 17.5 Å². The lowest BCUT2D eigenvalue weighted by atomic mass is 9.90. The van der Waals surface area contributed by atoms with E-state index in [1.165, 1.54) is 21.5 Å². The van der Waals surface area contributed by atoms with Crippen molar-refractivity contribution in [3.05, 3.63) is 170 Å². The number of pyridine rings is 1. The normalized spacial score (nSPS) is 11.3. The molecule has 0 spiro atoms. The minimum atomic E-state index is 0.615. The van der Waals surface area contributed by atoms with E-state index >= 15 is 0 Å². The molecule has 4 nitrogen and oxygen atoms in total. The second-order valence-corrected chi connectivity index (χ2v) is 11.9. The fourth-order valence-electron chi connectivity index (χ4n) is 6.65. The number of nitrogens with zero attached hydrogens (tertiary/aromatic N) is 4. The van der Waals surface area contributed by atoms with E-state index < -0.39 is 0 Å². The van der Waals surface area contributed by atoms with E-state index in [0.717, 1.165) is 49.7 Å². The Bertz CT molecular complexity index is 2550. The predicted octanol–water partition coefficient (Wildman–Crippen LogP) is 11.1. The number of aromatic nitrogens is 4. The molecular weight excluding hydrogens is 585 g/mol. The van der Waals surface area contributed by atoms with E-state index in [1.807, 2.05) is 73.1 Å². The topological polar surface area (TPSA) is 51.6 Å². The summed E-state index contributed by atoms with van der Waals surface area (Å²) in [5.74, 6) is 1.88. The van der Waals surface area contributed by atoms with Gasteiger partial charge in [-0.2, -0.15) is 0 Å². The first-order valence-electron chi connectivity index (χ1n) is 16.0. The van der Waals surface area contributed by atoms with Crippen molar-refractivity contribution in [2.45, 2.75) is 0 Å². The average Bonchev–Trinajstić information content (AvgIpc) is 3.17. The maximum Gasteiger partial charge on any atom is 0.164 e. The van der Waals surface area contributed by atoms with E-state index in [2.05, 4.69) is 102 Å². The van der Waals surface area contributed by atoms with Gasteiger partial charge in [-0.05, 0) is 67.9 Å². The third kappa shape index (κ3) is 4.97. The van der Waals surface area contributed by atoms with Gasteiger partial charge >= 0.3 is 0 Å². The van der Waals surface area contributed by atoms with E-state index in [-0.39, 0.29) is 0 Å². The fraction of sp³-hybridized carbons (Fsp3) is 0. The summed E-state index contributed by atoms with van der Waals surface area (Å²) in [4.78, 5) is 19.8. The molecule has 0 unspecified atom stereocenters. The lowest BCUT2D eigenvalue weighted by Gasteiger charge is -2.15. The van der Waals surface area contributed by atoms with E-state index in [9.17, 15) is 0 Å². The Kier molecular flexibility index (Phi) is 6.76. The molecule has 48 heavy (non-hydrogen) atoms. The van der Waals surface area contributed by atoms with E-state index in [1.54, 1.807) is 0 Å². The second kappa shape index (κ2) is 11.7. The molecule has 9 rings (SSSR count). The molecule has 0 N–H and O–H groups in total. The average molecular weight is 613 g/mol. The van der Waals surface area contributed by atoms with Crippen LogP contribution in [0.15, 0.2) is 170 Å². The monoisotopic (exact) mass is 612 g/mol. The number of hydrogen-bond acceptors (Lipinski definition) is 4. The van der Waals surface area contributed by atoms with Crippen molar-refractivity contribution in [2.75, 3.05) is 0 Å². The number of benzene rings is 7. The predicted molar refractivity (Wildman–Crippen MR) is 197 cm³/mol. The molecule has 0 saturated carbocycles. The molecule has 0 fully saturated rings. The Morgan fingerprint density at radius 3 is 1.44 bits per heavy atom. The van der Waals surface area contributed by atoms with Crippen LogP contribution in [0.2, 0.25) is 0 Å². The third-order valence-corrected chi connectivity index (χ3v) is 8.95. The van der Waals surface area contributed by atoms with Crippen molar-refractivity contribution in [3.8, 4) is 56.4 Å². The quantitative estimate of drug-likeness (QED) is 0.181. The Morgan fingerprint density at radius 2 is 0.771 bits per heavy atom. The SMILES string of the molecule is c1ccc(-c2nc(-c3ccccc3)nc(-c3cc(-c4cncc5ccccc45)cc(-c4cc5ccccc5c5ccccc45)c3)n2)cc1. The van der Waals surface area contributed by atoms with Crippen LogP contribution in [0.1, 0.15) is 0 Å². The van der Waals surface area contributed by atoms with Crippen LogP contribution in [0.3, 0.4) is 0 Å². The lowest BCUT2D eigenvalue weighted by molar-refractivity contribution is 1.07. The highest BCUT2D eigenvalue weighted by Crippen LogP contribution is 2.40. The second-order valence-electron chi connectivity index (χ2n) is 11.9. The number of fused-ring (bicyclic) bond motifs is 4. The molecule has 0 bridgehead atoms. The van der Waals surface area contributed by atoms with Crippen molar-refractivity contribution in [2.24, 2.45) is 0 Å². The zero-order valence-corrected chi connectivity index (χ0v) is 26.0. The highest BCUT2D eigenvalue weighted by Gasteiger charge is 2.17. The highest BCUT2D eigenvalue weighted by atomic mass is 15.0. The van der Waals surface area contributed by atoms with Gasteiger partial charge in [0.2, 0.25) is 0 Å². The van der Waals surface area contributed by atoms with Crippen molar-refractivity contribution in [3.63, 3.8) is 0 Å². The highest BCUT2D eigenvalue weighted by molar-refractivity contribution is 6.14. The van der Waals surface area contributed by atoms with Crippen molar-refractivity contribution >= 4 is 32.3 Å². The molecule has 0 atom stereocenters. The van der Waals surface area contributed by atoms with E-state index in [4.69, 9.17) is 15.0 Å². The van der Waals surface area contributed by atoms with Gasteiger partial charge in [-0.15, -0.1) is 0 Å². The maximum absolute atomic E-state index is 5.11. The molecule has 0 aliphatic carbocycles. The zero-order chi connectivity index (χ0) is 31.9. The van der Waals surface area contributed by atoms with Crippen LogP contribution < -0.4 is 0 Å². The maximum atomic E-state index is 5.11. The molecular formula is C44H28N4. The molecule has 9 aromatic rings. The minimum absolute atomic E-state index is 0.615. The summed E-state index contributed by atoms with van der Waals surface area (Å²) in [5.41, 5.74) is 7.13. The van der Waals surface area contributed by atoms with Gasteiger partial charge in [-0.25, -0.2) is 15.0 Å². The molecule has 2 aromatic heterocycles. The largest absolute Gasteiger partial charge is 0.263 e. The lowest BCUT2D eigenvalue weighted by Crippen LogP contribution is -2.00. The molecule has 224 valence electrons. The summed E-state index contributed by atoms with van der Waals surface area (Å²) in [7, 11) is 0. The Morgan fingerprint density at radius 1 is 0.292 bits per heavy atom. The third-order valence-electron chi connectivity index (χ3n) is 8.95. The Labute approximate surface area is 278 Å². The van der Waals surface area contributed by atoms with Gasteiger partial charge in [-0.1, -0.05) is 133 Å². The van der Waals surface area contributed by atoms with E-state index in [0.29, 0.717) is 17.5 Å². The number of hydrogen-bond donors (Lipinski definition) is 0. The van der Waals surface area contributed by atoms with Gasteiger partial charge in [0, 0.05) is 40.0 Å². The summed E-state index contributed by atoms with van der Waals surface area (Å²) in [6.45, 7) is 0. The molecule has 2 heterocycles. The first-order valence-corrected chi connectivity index (χ1v) is 16.0. The molecule has 0 amide bonds. The molecule has 0 radical (unpaired) electrons. The van der Waals surface area contributed by atoms with Gasteiger partial charge in [-0.3, -0.25) is 4.98 Å². The molecule has 0 aliphatic rings. The summed E-state index contributed by atoms with van der Waals surface area (Å²) in [6, 6.07) is 54.9. The van der Waals surface area contributed by atoms with Crippen LogP contribution in [-0.4, -0.2) is 19.9 Å². The minimum Gasteiger partial charge on any atom is -0.263 e. The summed E-state index contributed by atoms with van der Waals surface area (Å²) in [5, 5.41) is 7.09. The zero-order valence-electron chi connectivity index (χ0n) is 26.0. The smallest absolute Gasteiger partial charge is 0.164 e. The van der Waals surface area contributed by atoms with Crippen molar-refractivity contribution in [1.29, 1.82) is 0 Å². The van der Waals surface area contributed by atoms with Crippen molar-refractivity contribution in [1.82, 2.24) is 19.9 Å². The van der Waals surface area contributed by atoms with Crippen LogP contribution in [0.4, 0.5) is 0 Å². The standard InChI is InChI=1S/C44H28N4/c1-3-13-29(14-4-1)42-46-43(30-15-5-2-6-16-30)48-44(47-42)35-24-33(23-34(25-35)41-28-45-27-32-18-8-10-20-37(32)41)40-26-31-17-7-9-19-36(31)38-21-11-12-22-39(38)40/h1-28H. The van der Waals surface area contributed by atoms with Crippen LogP contribution in [0.5, 0.6) is 0 Å². The van der Waals surface area contributed by atoms with Crippen LogP contribution in [0, 0.1) is 0 Å². The molecule has 0 aliphatic heterocycles. The first-order chi connectivity index (χ1) is 23.8. The Balaban J connectivity index is 1.35. The van der Waals surface area contributed by atoms with Gasteiger partial charge in [0.1, 0.15) is 0 Å². The first kappa shape index (κ1) is 27.8. The van der Waals surface area contributed by atoms with Crippen LogP contribution in [0.25, 0.3) is 88.7 Å². The molecule has 4 heteroatoms.